The summed E-state index contributed by atoms with van der Waals surface area (Å²) < 4.78 is 0. The molecule has 164 valence electrons. The first kappa shape index (κ1) is 21.0. The van der Waals surface area contributed by atoms with Crippen LogP contribution in [0.3, 0.4) is 0 Å². The Morgan fingerprint density at radius 1 is 0.968 bits per heavy atom. The van der Waals surface area contributed by atoms with Crippen LogP contribution in [0.15, 0.2) is 16.9 Å². The van der Waals surface area contributed by atoms with Gasteiger partial charge in [0.05, 0.1) is 0 Å². The van der Waals surface area contributed by atoms with Crippen molar-refractivity contribution in [1.29, 1.82) is 0 Å². The summed E-state index contributed by atoms with van der Waals surface area (Å²) in [6.07, 6.45) is 1.83. The molecule has 4 rings (SSSR count). The van der Waals surface area contributed by atoms with E-state index in [0.717, 1.165) is 42.7 Å². The van der Waals surface area contributed by atoms with Crippen LogP contribution >= 0.6 is 0 Å². The molecule has 0 amide bonds. The molecule has 2 aromatic rings. The minimum Gasteiger partial charge on any atom is -0.478 e. The number of H-pyrrole nitrogens is 1. The zero-order chi connectivity index (χ0) is 22.9. The number of nitrogens with one attached hydrogen (secondary N) is 1. The van der Waals surface area contributed by atoms with Gasteiger partial charge in [0.1, 0.15) is 16.9 Å². The summed E-state index contributed by atoms with van der Waals surface area (Å²) >= 11 is 0. The van der Waals surface area contributed by atoms with Gasteiger partial charge in [-0.05, 0) is 52.5 Å². The number of rotatable bonds is 3. The zero-order valence-electron chi connectivity index (χ0n) is 18.1. The van der Waals surface area contributed by atoms with E-state index in [1.54, 1.807) is 0 Å². The smallest absolute Gasteiger partial charge is 0.342 e. The van der Waals surface area contributed by atoms with Gasteiger partial charge in [0.25, 0.3) is 5.56 Å². The molecule has 0 saturated carbocycles. The molecule has 8 nitrogen and oxygen atoms in total. The van der Waals surface area contributed by atoms with E-state index >= 15 is 0 Å². The molecule has 1 aromatic heterocycles. The number of benzene rings is 1. The second-order valence-electron chi connectivity index (χ2n) is 9.78. The molecule has 1 aromatic carbocycles. The number of nitrogens with zero attached hydrogens (tertiary/aromatic N) is 1. The molecule has 0 saturated heterocycles. The van der Waals surface area contributed by atoms with E-state index in [1.165, 1.54) is 0 Å². The number of carbonyl (C=O) groups is 2. The maximum absolute atomic E-state index is 12.5. The molecule has 0 bridgehead atoms. The Morgan fingerprint density at radius 3 is 1.90 bits per heavy atom. The molecule has 0 fully saturated rings. The van der Waals surface area contributed by atoms with E-state index in [0.29, 0.717) is 5.56 Å². The van der Waals surface area contributed by atoms with Crippen molar-refractivity contribution in [1.82, 2.24) is 4.98 Å². The minimum atomic E-state index is -1.50. The Bertz CT molecular complexity index is 1150. The highest BCUT2D eigenvalue weighted by atomic mass is 16.4. The van der Waals surface area contributed by atoms with Crippen LogP contribution in [0.1, 0.15) is 72.4 Å². The van der Waals surface area contributed by atoms with Crippen LogP contribution in [0.4, 0.5) is 11.5 Å². The fourth-order valence-corrected chi connectivity index (χ4v) is 4.92. The highest BCUT2D eigenvalue weighted by molar-refractivity contribution is 6.07. The average Bonchev–Trinajstić information content (AvgIpc) is 2.64. The van der Waals surface area contributed by atoms with Crippen molar-refractivity contribution in [3.05, 3.63) is 44.7 Å². The van der Waals surface area contributed by atoms with E-state index in [1.807, 2.05) is 12.1 Å². The summed E-state index contributed by atoms with van der Waals surface area (Å²) in [4.78, 5) is 41.1. The van der Waals surface area contributed by atoms with Crippen LogP contribution in [0, 0.1) is 0 Å². The first-order chi connectivity index (χ1) is 14.3. The third-order valence-electron chi connectivity index (χ3n) is 6.86. The standard InChI is InChI=1S/C23H27N3O5/c1-22(2)5-7-26-8-6-23(3,4)13-10-11(9-12(22)17(13)26)14-15(20(28)29)18(24)25-19(27)16(14)21(30)31/h9-10H,5-8H2,1-4H3,(H,28,29)(H,30,31)(H3,24,25,27). The SMILES string of the molecule is CC1(C)CCN2CCC(C)(C)c3cc(-c4c(C(=O)O)c(N)[nH]c(=O)c4C(=O)O)cc1c32. The van der Waals surface area contributed by atoms with Gasteiger partial charge in [-0.2, -0.15) is 0 Å². The summed E-state index contributed by atoms with van der Waals surface area (Å²) in [5.41, 5.74) is 6.98. The Kier molecular flexibility index (Phi) is 4.46. The normalized spacial score (nSPS) is 18.4. The van der Waals surface area contributed by atoms with Gasteiger partial charge in [0.2, 0.25) is 0 Å². The predicted molar refractivity (Wildman–Crippen MR) is 118 cm³/mol. The van der Waals surface area contributed by atoms with Crippen molar-refractivity contribution < 1.29 is 19.8 Å². The number of hydrogen-bond acceptors (Lipinski definition) is 5. The van der Waals surface area contributed by atoms with Crippen molar-refractivity contribution in [2.24, 2.45) is 0 Å². The Hall–Kier alpha value is -3.29. The molecule has 31 heavy (non-hydrogen) atoms. The summed E-state index contributed by atoms with van der Waals surface area (Å²) in [5.74, 6) is -3.24. The quantitative estimate of drug-likeness (QED) is 0.593. The zero-order valence-corrected chi connectivity index (χ0v) is 18.1. The minimum absolute atomic E-state index is 0.144. The van der Waals surface area contributed by atoms with Crippen LogP contribution in [0.5, 0.6) is 0 Å². The number of anilines is 2. The first-order valence-corrected chi connectivity index (χ1v) is 10.3. The average molecular weight is 425 g/mol. The number of aromatic nitrogens is 1. The third-order valence-corrected chi connectivity index (χ3v) is 6.86. The number of carboxylic acid groups (broad SMARTS) is 2. The molecule has 0 radical (unpaired) electrons. The van der Waals surface area contributed by atoms with Crippen molar-refractivity contribution in [3.63, 3.8) is 0 Å². The lowest BCUT2D eigenvalue weighted by atomic mass is 9.68. The van der Waals surface area contributed by atoms with Crippen LogP contribution in [0.2, 0.25) is 0 Å². The van der Waals surface area contributed by atoms with Gasteiger partial charge in [-0.3, -0.25) is 4.79 Å². The fourth-order valence-electron chi connectivity index (χ4n) is 4.92. The molecule has 8 heteroatoms. The molecule has 2 aliphatic heterocycles. The topological polar surface area (TPSA) is 137 Å². The Labute approximate surface area is 179 Å². The fraction of sp³-hybridized carbons (Fsp3) is 0.435. The lowest BCUT2D eigenvalue weighted by Crippen LogP contribution is -2.44. The van der Waals surface area contributed by atoms with Gasteiger partial charge in [-0.1, -0.05) is 27.7 Å². The molecule has 3 heterocycles. The summed E-state index contributed by atoms with van der Waals surface area (Å²) in [7, 11) is 0. The molecule has 0 spiro atoms. The highest BCUT2D eigenvalue weighted by Crippen LogP contribution is 2.51. The number of aromatic carboxylic acids is 2. The van der Waals surface area contributed by atoms with Gasteiger partial charge in [0.15, 0.2) is 0 Å². The number of hydrogen-bond donors (Lipinski definition) is 4. The van der Waals surface area contributed by atoms with Gasteiger partial charge in [-0.15, -0.1) is 0 Å². The highest BCUT2D eigenvalue weighted by Gasteiger charge is 2.41. The third kappa shape index (κ3) is 3.08. The van der Waals surface area contributed by atoms with Crippen LogP contribution in [0.25, 0.3) is 11.1 Å². The molecular weight excluding hydrogens is 398 g/mol. The second-order valence-corrected chi connectivity index (χ2v) is 9.78. The molecule has 0 unspecified atom stereocenters. The molecule has 5 N–H and O–H groups in total. The monoisotopic (exact) mass is 425 g/mol. The van der Waals surface area contributed by atoms with E-state index in [9.17, 15) is 24.6 Å². The Balaban J connectivity index is 2.17. The number of pyridine rings is 1. The number of carboxylic acids is 2. The van der Waals surface area contributed by atoms with Crippen molar-refractivity contribution >= 4 is 23.4 Å². The number of nitrogens with two attached hydrogens (primary N) is 1. The van der Waals surface area contributed by atoms with Gasteiger partial charge < -0.3 is 25.8 Å². The summed E-state index contributed by atoms with van der Waals surface area (Å²) in [6, 6.07) is 3.69. The lowest BCUT2D eigenvalue weighted by molar-refractivity contribution is 0.0695. The predicted octanol–water partition coefficient (Wildman–Crippen LogP) is 3.19. The molecule has 2 aliphatic rings. The van der Waals surface area contributed by atoms with E-state index < -0.39 is 28.6 Å². The Morgan fingerprint density at radius 2 is 1.45 bits per heavy atom. The van der Waals surface area contributed by atoms with Gasteiger partial charge >= 0.3 is 11.9 Å². The van der Waals surface area contributed by atoms with E-state index in [-0.39, 0.29) is 22.2 Å². The largest absolute Gasteiger partial charge is 0.478 e. The van der Waals surface area contributed by atoms with Crippen molar-refractivity contribution in [2.45, 2.75) is 51.4 Å². The van der Waals surface area contributed by atoms with Crippen LogP contribution in [-0.4, -0.2) is 40.2 Å². The first-order valence-electron chi connectivity index (χ1n) is 10.3. The van der Waals surface area contributed by atoms with Gasteiger partial charge in [-0.25, -0.2) is 9.59 Å². The van der Waals surface area contributed by atoms with Crippen LogP contribution < -0.4 is 16.2 Å². The van der Waals surface area contributed by atoms with Crippen molar-refractivity contribution in [3.8, 4) is 11.1 Å². The van der Waals surface area contributed by atoms with Crippen LogP contribution in [-0.2, 0) is 10.8 Å². The number of aromatic amines is 1. The molecular formula is C23H27N3O5. The summed E-state index contributed by atoms with van der Waals surface area (Å²) in [6.45, 7) is 10.4. The van der Waals surface area contributed by atoms with E-state index in [4.69, 9.17) is 5.73 Å². The summed E-state index contributed by atoms with van der Waals surface area (Å²) in [5, 5.41) is 19.6. The molecule has 0 aliphatic carbocycles. The maximum Gasteiger partial charge on any atom is 0.342 e. The second kappa shape index (κ2) is 6.60. The van der Waals surface area contributed by atoms with E-state index in [2.05, 4.69) is 37.6 Å². The van der Waals surface area contributed by atoms with Crippen molar-refractivity contribution in [2.75, 3.05) is 23.7 Å². The molecule has 0 atom stereocenters. The maximum atomic E-state index is 12.5. The lowest BCUT2D eigenvalue weighted by Gasteiger charge is -2.48. The number of nitrogen functional groups attached to an aromatic ring is 1. The van der Waals surface area contributed by atoms with Gasteiger partial charge in [0, 0.05) is 24.3 Å².